The number of hydrogen-bond donors (Lipinski definition) is 0. The summed E-state index contributed by atoms with van der Waals surface area (Å²) < 4.78 is 6.81. The van der Waals surface area contributed by atoms with E-state index < -0.39 is 23.5 Å². The van der Waals surface area contributed by atoms with Crippen molar-refractivity contribution in [1.29, 1.82) is 0 Å². The topological polar surface area (TPSA) is 81.5 Å². The molecule has 0 radical (unpaired) electrons. The number of pyridine rings is 1. The zero-order chi connectivity index (χ0) is 18.5. The van der Waals surface area contributed by atoms with Gasteiger partial charge in [0.1, 0.15) is 11.2 Å². The zero-order valence-electron chi connectivity index (χ0n) is 14.2. The lowest BCUT2D eigenvalue weighted by Gasteiger charge is -2.19. The molecule has 0 saturated carbocycles. The Hall–Kier alpha value is -2.48. The molecule has 2 aromatic rings. The van der Waals surface area contributed by atoms with E-state index in [4.69, 9.17) is 4.74 Å². The fraction of sp³-hybridized carbons (Fsp3) is 0.294. The molecule has 2 aromatic heterocycles. The van der Waals surface area contributed by atoms with Crippen molar-refractivity contribution in [3.63, 3.8) is 0 Å². The van der Waals surface area contributed by atoms with Gasteiger partial charge in [-0.15, -0.1) is 0 Å². The molecule has 0 aromatic carbocycles. The second kappa shape index (κ2) is 5.80. The quantitative estimate of drug-likeness (QED) is 0.681. The van der Waals surface area contributed by atoms with Crippen molar-refractivity contribution in [3.8, 4) is 0 Å². The van der Waals surface area contributed by atoms with Gasteiger partial charge in [0, 0.05) is 30.4 Å². The minimum absolute atomic E-state index is 0.159. The van der Waals surface area contributed by atoms with E-state index >= 15 is 0 Å². The van der Waals surface area contributed by atoms with Crippen molar-refractivity contribution >= 4 is 50.4 Å². The van der Waals surface area contributed by atoms with E-state index in [1.165, 1.54) is 17.8 Å². The third-order valence-electron chi connectivity index (χ3n) is 3.65. The van der Waals surface area contributed by atoms with Crippen LogP contribution in [-0.2, 0) is 14.3 Å². The summed E-state index contributed by atoms with van der Waals surface area (Å²) in [6.45, 7) is 5.29. The van der Waals surface area contributed by atoms with Gasteiger partial charge in [0.05, 0.1) is 10.1 Å². The van der Waals surface area contributed by atoms with Gasteiger partial charge in [0.2, 0.25) is 0 Å². The average Bonchev–Trinajstić information content (AvgIpc) is 2.99. The summed E-state index contributed by atoms with van der Waals surface area (Å²) in [7, 11) is 1.41. The van der Waals surface area contributed by atoms with Crippen LogP contribution >= 0.6 is 15.9 Å². The molecule has 3 heterocycles. The zero-order valence-corrected chi connectivity index (χ0v) is 15.7. The number of likely N-dealkylation sites (N-methyl/N-ethyl adjacent to an activating group) is 1. The predicted octanol–water partition coefficient (Wildman–Crippen LogP) is 2.92. The van der Waals surface area contributed by atoms with Crippen LogP contribution in [0.15, 0.2) is 29.0 Å². The highest BCUT2D eigenvalue weighted by Crippen LogP contribution is 2.36. The smallest absolute Gasteiger partial charge is 0.420 e. The summed E-state index contributed by atoms with van der Waals surface area (Å²) in [6.07, 6.45) is 2.42. The first-order chi connectivity index (χ1) is 11.6. The summed E-state index contributed by atoms with van der Waals surface area (Å²) in [5, 5.41) is 0.580. The number of hydrogen-bond acceptors (Lipinski definition) is 5. The highest BCUT2D eigenvalue weighted by Gasteiger charge is 2.37. The number of imide groups is 1. The first-order valence-electron chi connectivity index (χ1n) is 7.54. The van der Waals surface area contributed by atoms with Crippen LogP contribution in [0.4, 0.5) is 4.79 Å². The van der Waals surface area contributed by atoms with Gasteiger partial charge in [-0.05, 0) is 48.8 Å². The first kappa shape index (κ1) is 17.3. The standard InChI is InChI=1S/C17H16BrN3O4/c1-17(2,3)25-16(24)21-8-10(9-6-5-7-19-13(9)21)11-12(18)15(23)20(4)14(11)22/h5-8H,1-4H3. The van der Waals surface area contributed by atoms with Crippen molar-refractivity contribution in [2.45, 2.75) is 26.4 Å². The first-order valence-corrected chi connectivity index (χ1v) is 8.33. The van der Waals surface area contributed by atoms with Crippen molar-refractivity contribution < 1.29 is 19.1 Å². The van der Waals surface area contributed by atoms with Gasteiger partial charge < -0.3 is 4.74 Å². The average molecular weight is 406 g/mol. The van der Waals surface area contributed by atoms with Gasteiger partial charge in [0.25, 0.3) is 11.8 Å². The third-order valence-corrected chi connectivity index (χ3v) is 4.39. The number of fused-ring (bicyclic) bond motifs is 1. The van der Waals surface area contributed by atoms with Gasteiger partial charge in [-0.2, -0.15) is 0 Å². The van der Waals surface area contributed by atoms with E-state index in [1.54, 1.807) is 39.1 Å². The van der Waals surface area contributed by atoms with Gasteiger partial charge in [-0.3, -0.25) is 14.5 Å². The predicted molar refractivity (Wildman–Crippen MR) is 95.0 cm³/mol. The largest absolute Gasteiger partial charge is 0.443 e. The van der Waals surface area contributed by atoms with Crippen LogP contribution < -0.4 is 0 Å². The molecule has 1 aliphatic rings. The maximum absolute atomic E-state index is 12.5. The van der Waals surface area contributed by atoms with Crippen molar-refractivity contribution in [2.24, 2.45) is 0 Å². The lowest BCUT2D eigenvalue weighted by Crippen LogP contribution is -2.27. The van der Waals surface area contributed by atoms with Gasteiger partial charge >= 0.3 is 6.09 Å². The molecule has 0 saturated heterocycles. The summed E-state index contributed by atoms with van der Waals surface area (Å²) >= 11 is 3.19. The second-order valence-electron chi connectivity index (χ2n) is 6.63. The highest BCUT2D eigenvalue weighted by atomic mass is 79.9. The minimum Gasteiger partial charge on any atom is -0.443 e. The molecule has 3 rings (SSSR count). The molecule has 2 amide bonds. The Balaban J connectivity index is 2.21. The number of carbonyl (C=O) groups excluding carboxylic acids is 3. The van der Waals surface area contributed by atoms with Crippen LogP contribution in [0, 0.1) is 0 Å². The van der Waals surface area contributed by atoms with Crippen LogP contribution in [0.2, 0.25) is 0 Å². The summed E-state index contributed by atoms with van der Waals surface area (Å²) in [4.78, 5) is 42.3. The molecule has 25 heavy (non-hydrogen) atoms. The van der Waals surface area contributed by atoms with Gasteiger partial charge in [-0.1, -0.05) is 0 Å². The lowest BCUT2D eigenvalue weighted by molar-refractivity contribution is -0.134. The summed E-state index contributed by atoms with van der Waals surface area (Å²) in [5.74, 6) is -0.869. The monoisotopic (exact) mass is 405 g/mol. The lowest BCUT2D eigenvalue weighted by atomic mass is 10.1. The number of carbonyl (C=O) groups is 3. The molecule has 0 unspecified atom stereocenters. The molecular weight excluding hydrogens is 390 g/mol. The molecule has 0 atom stereocenters. The second-order valence-corrected chi connectivity index (χ2v) is 7.42. The Morgan fingerprint density at radius 1 is 1.24 bits per heavy atom. The normalized spacial score (nSPS) is 15.5. The third kappa shape index (κ3) is 2.86. The Bertz CT molecular complexity index is 952. The van der Waals surface area contributed by atoms with Gasteiger partial charge in [0.15, 0.2) is 0 Å². The van der Waals surface area contributed by atoms with Crippen LogP contribution in [-0.4, -0.2) is 45.0 Å². The Morgan fingerprint density at radius 2 is 1.92 bits per heavy atom. The fourth-order valence-electron chi connectivity index (χ4n) is 2.55. The molecule has 130 valence electrons. The highest BCUT2D eigenvalue weighted by molar-refractivity contribution is 9.12. The van der Waals surface area contributed by atoms with Crippen molar-refractivity contribution in [3.05, 3.63) is 34.6 Å². The Labute approximate surface area is 152 Å². The maximum atomic E-state index is 12.5. The fourth-order valence-corrected chi connectivity index (χ4v) is 3.20. The van der Waals surface area contributed by atoms with E-state index in [2.05, 4.69) is 20.9 Å². The molecule has 0 fully saturated rings. The van der Waals surface area contributed by atoms with Gasteiger partial charge in [-0.25, -0.2) is 14.3 Å². The molecular formula is C17H16BrN3O4. The van der Waals surface area contributed by atoms with E-state index in [0.717, 1.165) is 4.90 Å². The van der Waals surface area contributed by atoms with E-state index in [-0.39, 0.29) is 10.1 Å². The van der Waals surface area contributed by atoms with E-state index in [1.807, 2.05) is 0 Å². The number of amides is 2. The SMILES string of the molecule is CN1C(=O)C(Br)=C(c2cn(C(=O)OC(C)(C)C)c3ncccc23)C1=O. The molecule has 1 aliphatic heterocycles. The summed E-state index contributed by atoms with van der Waals surface area (Å²) in [6, 6.07) is 3.44. The summed E-state index contributed by atoms with van der Waals surface area (Å²) in [5.41, 5.74) is 0.327. The number of nitrogens with zero attached hydrogens (tertiary/aromatic N) is 3. The molecule has 8 heteroatoms. The molecule has 7 nitrogen and oxygen atoms in total. The number of halogens is 1. The van der Waals surface area contributed by atoms with Crippen LogP contribution in [0.25, 0.3) is 16.6 Å². The number of rotatable bonds is 1. The molecule has 0 bridgehead atoms. The maximum Gasteiger partial charge on any atom is 0.420 e. The number of aromatic nitrogens is 2. The van der Waals surface area contributed by atoms with Crippen LogP contribution in [0.3, 0.4) is 0 Å². The van der Waals surface area contributed by atoms with Crippen molar-refractivity contribution in [2.75, 3.05) is 7.05 Å². The number of ether oxygens (including phenoxy) is 1. The Morgan fingerprint density at radius 3 is 2.48 bits per heavy atom. The van der Waals surface area contributed by atoms with Crippen molar-refractivity contribution in [1.82, 2.24) is 14.5 Å². The minimum atomic E-state index is -0.679. The van der Waals surface area contributed by atoms with Crippen LogP contribution in [0.1, 0.15) is 26.3 Å². The molecule has 0 N–H and O–H groups in total. The van der Waals surface area contributed by atoms with E-state index in [0.29, 0.717) is 16.6 Å². The van der Waals surface area contributed by atoms with E-state index in [9.17, 15) is 14.4 Å². The Kier molecular flexibility index (Phi) is 4.03. The van der Waals surface area contributed by atoms with Crippen LogP contribution in [0.5, 0.6) is 0 Å². The molecule has 0 aliphatic carbocycles. The molecule has 0 spiro atoms.